The highest BCUT2D eigenvalue weighted by atomic mass is 16.8. The first-order valence-corrected chi connectivity index (χ1v) is 11.5. The van der Waals surface area contributed by atoms with E-state index in [1.165, 1.54) is 24.3 Å². The number of carboxylic acid groups (broad SMARTS) is 1. The van der Waals surface area contributed by atoms with E-state index in [4.69, 9.17) is 23.7 Å². The van der Waals surface area contributed by atoms with Crippen LogP contribution in [0.15, 0.2) is 41.7 Å². The first-order valence-electron chi connectivity index (χ1n) is 11.5. The van der Waals surface area contributed by atoms with Crippen LogP contribution < -0.4 is 0 Å². The molecular weight excluding hydrogens is 496 g/mol. The van der Waals surface area contributed by atoms with E-state index >= 15 is 0 Å². The molecule has 0 radical (unpaired) electrons. The molecule has 0 amide bonds. The first-order chi connectivity index (χ1) is 17.6. The SMILES string of the molecule is CC=C1[C@H]2OC=C(C(=O)O)[C@H]1CC(=O)OC[C@@H](c1ccc(O)c(O)c1)OC[C@H]1O[C@@H](O2)[C@H](O)[C@@H](O)[C@@H]1O. The van der Waals surface area contributed by atoms with Crippen LogP contribution in [0.4, 0.5) is 0 Å². The molecule has 13 heteroatoms. The van der Waals surface area contributed by atoms with E-state index in [1.54, 1.807) is 6.92 Å². The van der Waals surface area contributed by atoms with E-state index in [-0.39, 0.29) is 30.1 Å². The Morgan fingerprint density at radius 3 is 2.46 bits per heavy atom. The Labute approximate surface area is 210 Å². The monoisotopic (exact) mass is 524 g/mol. The summed E-state index contributed by atoms with van der Waals surface area (Å²) in [4.78, 5) is 24.6. The van der Waals surface area contributed by atoms with Gasteiger partial charge in [-0.1, -0.05) is 12.1 Å². The zero-order valence-corrected chi connectivity index (χ0v) is 19.7. The molecule has 2 saturated heterocycles. The van der Waals surface area contributed by atoms with Crippen molar-refractivity contribution >= 4 is 11.9 Å². The number of benzene rings is 1. The van der Waals surface area contributed by atoms with Gasteiger partial charge in [0, 0.05) is 11.5 Å². The minimum absolute atomic E-state index is 0.230. The molecule has 37 heavy (non-hydrogen) atoms. The third-order valence-electron chi connectivity index (χ3n) is 6.47. The van der Waals surface area contributed by atoms with Gasteiger partial charge in [0.15, 0.2) is 17.8 Å². The fraction of sp³-hybridized carbons (Fsp3) is 0.500. The molecule has 1 aromatic rings. The molecule has 6 N–H and O–H groups in total. The number of allylic oxidation sites excluding steroid dienone is 1. The number of hydrogen-bond acceptors (Lipinski definition) is 12. The van der Waals surface area contributed by atoms with E-state index in [2.05, 4.69) is 0 Å². The summed E-state index contributed by atoms with van der Waals surface area (Å²) in [7, 11) is 0. The number of phenolic OH excluding ortho intramolecular Hbond substituents is 2. The number of aromatic hydroxyl groups is 2. The Morgan fingerprint density at radius 1 is 1.03 bits per heavy atom. The smallest absolute Gasteiger partial charge is 0.335 e. The average Bonchev–Trinajstić information content (AvgIpc) is 2.86. The number of fused-ring (bicyclic) bond motifs is 4. The molecule has 2 fully saturated rings. The molecule has 0 saturated carbocycles. The molecule has 0 spiro atoms. The number of carbonyl (C=O) groups is 2. The maximum Gasteiger partial charge on any atom is 0.335 e. The van der Waals surface area contributed by atoms with Crippen molar-refractivity contribution in [2.24, 2.45) is 5.92 Å². The summed E-state index contributed by atoms with van der Waals surface area (Å²) in [5, 5.41) is 60.6. The molecule has 3 aliphatic heterocycles. The topological polar surface area (TPSA) is 202 Å². The second kappa shape index (κ2) is 11.0. The van der Waals surface area contributed by atoms with Crippen molar-refractivity contribution in [2.45, 2.75) is 56.4 Å². The maximum atomic E-state index is 12.8. The van der Waals surface area contributed by atoms with Gasteiger partial charge in [-0.25, -0.2) is 4.79 Å². The van der Waals surface area contributed by atoms with Gasteiger partial charge in [0.1, 0.15) is 37.1 Å². The number of carbonyl (C=O) groups excluding carboxylic acids is 1. The maximum absolute atomic E-state index is 12.8. The molecule has 0 unspecified atom stereocenters. The number of esters is 1. The number of aliphatic hydroxyl groups excluding tert-OH is 3. The summed E-state index contributed by atoms with van der Waals surface area (Å²) in [6.45, 7) is 0.852. The van der Waals surface area contributed by atoms with Gasteiger partial charge in [-0.15, -0.1) is 0 Å². The summed E-state index contributed by atoms with van der Waals surface area (Å²) < 4.78 is 28.0. The second-order valence-corrected chi connectivity index (χ2v) is 8.80. The van der Waals surface area contributed by atoms with Gasteiger partial charge in [-0.05, 0) is 24.6 Å². The highest BCUT2D eigenvalue weighted by Crippen LogP contribution is 2.37. The Morgan fingerprint density at radius 2 is 1.78 bits per heavy atom. The van der Waals surface area contributed by atoms with Crippen LogP contribution in [0.2, 0.25) is 0 Å². The molecule has 13 nitrogen and oxygen atoms in total. The van der Waals surface area contributed by atoms with Gasteiger partial charge < -0.3 is 54.3 Å². The molecule has 202 valence electrons. The largest absolute Gasteiger partial charge is 0.504 e. The van der Waals surface area contributed by atoms with Crippen LogP contribution in [0.5, 0.6) is 11.5 Å². The molecule has 4 rings (SSSR count). The molecule has 1 aromatic carbocycles. The minimum Gasteiger partial charge on any atom is -0.504 e. The second-order valence-electron chi connectivity index (χ2n) is 8.80. The zero-order chi connectivity index (χ0) is 26.9. The van der Waals surface area contributed by atoms with E-state index < -0.39 is 73.1 Å². The molecule has 0 aromatic heterocycles. The molecule has 3 heterocycles. The lowest BCUT2D eigenvalue weighted by molar-refractivity contribution is -0.330. The molecule has 8 atom stereocenters. The lowest BCUT2D eigenvalue weighted by Gasteiger charge is -2.42. The molecule has 4 bridgehead atoms. The predicted octanol–water partition coefficient (Wildman–Crippen LogP) is -0.186. The number of carboxylic acids is 1. The Kier molecular flexibility index (Phi) is 8.02. The first kappa shape index (κ1) is 26.9. The highest BCUT2D eigenvalue weighted by Gasteiger charge is 2.47. The standard InChI is InChI=1S/C24H28O13/c1-2-11-12-6-18(27)34-8-16(10-3-4-14(25)15(26)5-10)33-9-17-19(28)20(29)21(30)24(36-17)37-23(11)35-7-13(12)22(31)32/h2-5,7,12,16-17,19-21,23-26,28-30H,6,8-9H2,1H3,(H,31,32)/t12-,16-,17+,19+,20-,21+,23-,24-/m0/s1. The average molecular weight is 524 g/mol. The quantitative estimate of drug-likeness (QED) is 0.169. The fourth-order valence-corrected chi connectivity index (χ4v) is 4.39. The highest BCUT2D eigenvalue weighted by molar-refractivity contribution is 5.89. The van der Waals surface area contributed by atoms with Gasteiger partial charge in [0.05, 0.1) is 24.9 Å². The molecular formula is C24H28O13. The molecule has 0 aliphatic carbocycles. The lowest BCUT2D eigenvalue weighted by Crippen LogP contribution is -2.60. The Hall–Kier alpha value is -3.20. The van der Waals surface area contributed by atoms with E-state index in [1.807, 2.05) is 0 Å². The number of ether oxygens (including phenoxy) is 5. The third-order valence-corrected chi connectivity index (χ3v) is 6.47. The van der Waals surface area contributed by atoms with Crippen molar-refractivity contribution in [1.29, 1.82) is 0 Å². The van der Waals surface area contributed by atoms with Crippen molar-refractivity contribution in [1.82, 2.24) is 0 Å². The van der Waals surface area contributed by atoms with Gasteiger partial charge in [0.25, 0.3) is 0 Å². The predicted molar refractivity (Wildman–Crippen MR) is 120 cm³/mol. The molecule has 3 aliphatic rings. The van der Waals surface area contributed by atoms with Crippen molar-refractivity contribution in [3.05, 3.63) is 47.2 Å². The number of cyclic esters (lactones) is 1. The van der Waals surface area contributed by atoms with Gasteiger partial charge in [0.2, 0.25) is 6.29 Å². The van der Waals surface area contributed by atoms with E-state index in [0.29, 0.717) is 5.56 Å². The van der Waals surface area contributed by atoms with Gasteiger partial charge in [-0.2, -0.15) is 0 Å². The van der Waals surface area contributed by atoms with Crippen LogP contribution in [0, 0.1) is 5.92 Å². The van der Waals surface area contributed by atoms with Crippen molar-refractivity contribution in [3.63, 3.8) is 0 Å². The summed E-state index contributed by atoms with van der Waals surface area (Å²) >= 11 is 0. The number of phenols is 2. The Balaban J connectivity index is 1.70. The van der Waals surface area contributed by atoms with Crippen LogP contribution in [0.25, 0.3) is 0 Å². The summed E-state index contributed by atoms with van der Waals surface area (Å²) in [5.74, 6) is -3.94. The fourth-order valence-electron chi connectivity index (χ4n) is 4.39. The van der Waals surface area contributed by atoms with Crippen molar-refractivity contribution < 1.29 is 63.9 Å². The van der Waals surface area contributed by atoms with Crippen molar-refractivity contribution in [3.8, 4) is 11.5 Å². The lowest BCUT2D eigenvalue weighted by atomic mass is 9.86. The van der Waals surface area contributed by atoms with E-state index in [0.717, 1.165) is 6.26 Å². The summed E-state index contributed by atoms with van der Waals surface area (Å²) in [5.41, 5.74) is 0.324. The number of aliphatic carboxylic acids is 1. The number of aliphatic hydroxyl groups is 3. The van der Waals surface area contributed by atoms with Crippen LogP contribution in [-0.4, -0.2) is 92.8 Å². The van der Waals surface area contributed by atoms with E-state index in [9.17, 15) is 40.2 Å². The van der Waals surface area contributed by atoms with Crippen LogP contribution >= 0.6 is 0 Å². The van der Waals surface area contributed by atoms with Crippen LogP contribution in [-0.2, 0) is 33.3 Å². The summed E-state index contributed by atoms with van der Waals surface area (Å²) in [6, 6.07) is 3.83. The Bertz CT molecular complexity index is 1080. The van der Waals surface area contributed by atoms with Gasteiger partial charge >= 0.3 is 11.9 Å². The minimum atomic E-state index is -1.70. The van der Waals surface area contributed by atoms with Gasteiger partial charge in [-0.3, -0.25) is 4.79 Å². The van der Waals surface area contributed by atoms with Crippen molar-refractivity contribution in [2.75, 3.05) is 13.2 Å². The number of hydrogen-bond donors (Lipinski definition) is 6. The summed E-state index contributed by atoms with van der Waals surface area (Å²) in [6.07, 6.45) is -7.94. The number of rotatable bonds is 2. The zero-order valence-electron chi connectivity index (χ0n) is 19.7. The third kappa shape index (κ3) is 5.56. The van der Waals surface area contributed by atoms with Crippen LogP contribution in [0.1, 0.15) is 25.0 Å². The normalized spacial score (nSPS) is 36.1. The van der Waals surface area contributed by atoms with Crippen LogP contribution in [0.3, 0.4) is 0 Å².